The van der Waals surface area contributed by atoms with Crippen molar-refractivity contribution in [1.29, 1.82) is 0 Å². The molecular weight excluding hydrogens is 653 g/mol. The van der Waals surface area contributed by atoms with Crippen LogP contribution in [0.15, 0.2) is 70.0 Å². The molecule has 48 heavy (non-hydrogen) atoms. The third-order valence-electron chi connectivity index (χ3n) is 7.96. The Labute approximate surface area is 287 Å². The van der Waals surface area contributed by atoms with E-state index in [0.717, 1.165) is 16.3 Å². The second-order valence-corrected chi connectivity index (χ2v) is 15.4. The summed E-state index contributed by atoms with van der Waals surface area (Å²) in [4.78, 5) is 33.0. The van der Waals surface area contributed by atoms with Crippen LogP contribution in [0.4, 0.5) is 4.79 Å². The first-order chi connectivity index (χ1) is 22.7. The number of benzene rings is 2. The Kier molecular flexibility index (Phi) is 14.5. The first-order valence-corrected chi connectivity index (χ1v) is 18.3. The van der Waals surface area contributed by atoms with Crippen LogP contribution < -0.4 is 10.6 Å². The zero-order valence-corrected chi connectivity index (χ0v) is 30.0. The molecule has 262 valence electrons. The number of carbonyl (C=O) groups is 2. The van der Waals surface area contributed by atoms with Crippen molar-refractivity contribution < 1.29 is 28.3 Å². The van der Waals surface area contributed by atoms with Gasteiger partial charge in [-0.1, -0.05) is 81.7 Å². The van der Waals surface area contributed by atoms with Gasteiger partial charge < -0.3 is 25.8 Å². The van der Waals surface area contributed by atoms with Crippen LogP contribution in [0.3, 0.4) is 0 Å². The van der Waals surface area contributed by atoms with Gasteiger partial charge in [-0.2, -0.15) is 4.31 Å². The number of nitrogens with one attached hydrogen (secondary N) is 2. The Balaban J connectivity index is 1.86. The molecule has 0 aliphatic carbocycles. The van der Waals surface area contributed by atoms with Crippen molar-refractivity contribution in [3.05, 3.63) is 81.8 Å². The molecule has 3 rings (SSSR count). The summed E-state index contributed by atoms with van der Waals surface area (Å²) in [5, 5.41) is 32.1. The van der Waals surface area contributed by atoms with Crippen molar-refractivity contribution in [2.75, 3.05) is 20.1 Å². The first-order valence-electron chi connectivity index (χ1n) is 16.0. The van der Waals surface area contributed by atoms with E-state index in [0.29, 0.717) is 12.0 Å². The fourth-order valence-corrected chi connectivity index (χ4v) is 7.35. The summed E-state index contributed by atoms with van der Waals surface area (Å²) in [6.45, 7) is 9.56. The van der Waals surface area contributed by atoms with E-state index in [1.165, 1.54) is 51.0 Å². The zero-order valence-electron chi connectivity index (χ0n) is 28.4. The van der Waals surface area contributed by atoms with Gasteiger partial charge in [-0.05, 0) is 48.4 Å². The van der Waals surface area contributed by atoms with Crippen molar-refractivity contribution in [2.45, 2.75) is 77.1 Å². The number of sulfonamides is 1. The molecule has 3 amide bonds. The topological polar surface area (TPSA) is 165 Å². The SMILES string of the molecule is CC[C@H](C)[C@H](NC(=O)N(C)Cc1csc(C)n1)C(=O)N[C@@H](Cc1ccccc1)[C@H](O)CN(CC(C)C)S(=O)(=O)c1ccc(/C=N/O)cc1. The molecule has 0 bridgehead atoms. The van der Waals surface area contributed by atoms with E-state index in [1.807, 2.05) is 70.3 Å². The highest BCUT2D eigenvalue weighted by Crippen LogP contribution is 2.20. The number of urea groups is 1. The van der Waals surface area contributed by atoms with E-state index < -0.39 is 40.1 Å². The second kappa shape index (κ2) is 18.1. The molecule has 14 heteroatoms. The minimum absolute atomic E-state index is 0.0190. The minimum Gasteiger partial charge on any atom is -0.411 e. The lowest BCUT2D eigenvalue weighted by Crippen LogP contribution is -2.58. The average Bonchev–Trinajstić information content (AvgIpc) is 3.46. The van der Waals surface area contributed by atoms with E-state index >= 15 is 0 Å². The number of aryl methyl sites for hydroxylation is 1. The number of hydrogen-bond acceptors (Lipinski definition) is 9. The van der Waals surface area contributed by atoms with Crippen LogP contribution in [0.25, 0.3) is 0 Å². The summed E-state index contributed by atoms with van der Waals surface area (Å²) >= 11 is 1.49. The number of aromatic nitrogens is 1. The van der Waals surface area contributed by atoms with Crippen LogP contribution in [0, 0.1) is 18.8 Å². The predicted molar refractivity (Wildman–Crippen MR) is 188 cm³/mol. The van der Waals surface area contributed by atoms with E-state index in [4.69, 9.17) is 5.21 Å². The Morgan fingerprint density at radius 3 is 2.27 bits per heavy atom. The van der Waals surface area contributed by atoms with E-state index in [-0.39, 0.29) is 42.8 Å². The number of hydrogen-bond donors (Lipinski definition) is 4. The minimum atomic E-state index is -4.05. The van der Waals surface area contributed by atoms with Crippen molar-refractivity contribution in [2.24, 2.45) is 17.0 Å². The van der Waals surface area contributed by atoms with Gasteiger partial charge in [-0.15, -0.1) is 11.3 Å². The molecule has 3 aromatic rings. The molecule has 0 saturated carbocycles. The lowest BCUT2D eigenvalue weighted by molar-refractivity contribution is -0.125. The highest BCUT2D eigenvalue weighted by molar-refractivity contribution is 7.89. The Hall–Kier alpha value is -3.85. The quantitative estimate of drug-likeness (QED) is 0.0929. The van der Waals surface area contributed by atoms with Crippen LogP contribution in [0.5, 0.6) is 0 Å². The Bertz CT molecular complexity index is 1600. The Morgan fingerprint density at radius 2 is 1.71 bits per heavy atom. The van der Waals surface area contributed by atoms with Crippen LogP contribution in [-0.4, -0.2) is 89.4 Å². The van der Waals surface area contributed by atoms with Gasteiger partial charge in [0.05, 0.1) is 40.5 Å². The standard InChI is InChI=1S/C34H48N6O6S2/c1-7-24(4)32(38-34(43)39(6)20-28-22-47-25(5)36-28)33(42)37-30(17-26-11-9-8-10-12-26)31(41)21-40(19-23(2)3)48(45,46)29-15-13-27(14-16-29)18-35-44/h8-16,18,22-24,30-32,41,44H,7,17,19-21H2,1-6H3,(H,37,42)(H,38,43)/b35-18+/t24-,30-,31+,32-/m0/s1. The van der Waals surface area contributed by atoms with Crippen molar-refractivity contribution in [3.8, 4) is 0 Å². The molecule has 2 aromatic carbocycles. The molecule has 0 unspecified atom stereocenters. The summed E-state index contributed by atoms with van der Waals surface area (Å²) < 4.78 is 28.9. The van der Waals surface area contributed by atoms with Crippen LogP contribution in [0.1, 0.15) is 55.9 Å². The fourth-order valence-electron chi connectivity index (χ4n) is 5.12. The van der Waals surface area contributed by atoms with Crippen molar-refractivity contribution >= 4 is 39.5 Å². The van der Waals surface area contributed by atoms with Gasteiger partial charge in [0.25, 0.3) is 0 Å². The summed E-state index contributed by atoms with van der Waals surface area (Å²) in [6.07, 6.45) is 0.718. The fraction of sp³-hybridized carbons (Fsp3) is 0.471. The van der Waals surface area contributed by atoms with E-state index in [1.54, 1.807) is 7.05 Å². The Morgan fingerprint density at radius 1 is 1.04 bits per heavy atom. The molecule has 0 fully saturated rings. The molecular formula is C34H48N6O6S2. The first kappa shape index (κ1) is 38.6. The van der Waals surface area contributed by atoms with Gasteiger partial charge >= 0.3 is 6.03 Å². The number of amides is 3. The van der Waals surface area contributed by atoms with E-state index in [9.17, 15) is 23.1 Å². The molecule has 0 saturated heterocycles. The number of carbonyl (C=O) groups excluding carboxylic acids is 2. The number of aliphatic hydroxyl groups excluding tert-OH is 1. The zero-order chi connectivity index (χ0) is 35.4. The van der Waals surface area contributed by atoms with Crippen LogP contribution >= 0.6 is 11.3 Å². The monoisotopic (exact) mass is 700 g/mol. The molecule has 0 spiro atoms. The molecule has 1 heterocycles. The molecule has 0 radical (unpaired) electrons. The number of rotatable bonds is 17. The highest BCUT2D eigenvalue weighted by Gasteiger charge is 2.34. The summed E-state index contributed by atoms with van der Waals surface area (Å²) in [7, 11) is -2.42. The molecule has 12 nitrogen and oxygen atoms in total. The largest absolute Gasteiger partial charge is 0.411 e. The number of thiazole rings is 1. The summed E-state index contributed by atoms with van der Waals surface area (Å²) in [5.74, 6) is -0.782. The van der Waals surface area contributed by atoms with Gasteiger partial charge in [0, 0.05) is 25.5 Å². The predicted octanol–water partition coefficient (Wildman–Crippen LogP) is 4.25. The van der Waals surface area contributed by atoms with Gasteiger partial charge in [0.2, 0.25) is 15.9 Å². The summed E-state index contributed by atoms with van der Waals surface area (Å²) in [5.41, 5.74) is 2.11. The second-order valence-electron chi connectivity index (χ2n) is 12.4. The smallest absolute Gasteiger partial charge is 0.318 e. The van der Waals surface area contributed by atoms with Gasteiger partial charge in [-0.3, -0.25) is 4.79 Å². The molecule has 4 atom stereocenters. The third kappa shape index (κ3) is 11.1. The molecule has 1 aromatic heterocycles. The maximum atomic E-state index is 13.9. The number of aliphatic hydroxyl groups is 1. The molecule has 0 aliphatic rings. The van der Waals surface area contributed by atoms with Crippen LogP contribution in [-0.2, 0) is 27.8 Å². The number of nitrogens with zero attached hydrogens (tertiary/aromatic N) is 4. The molecule has 0 aliphatic heterocycles. The maximum absolute atomic E-state index is 13.9. The van der Waals surface area contributed by atoms with Gasteiger partial charge in [0.1, 0.15) is 6.04 Å². The molecule has 4 N–H and O–H groups in total. The highest BCUT2D eigenvalue weighted by atomic mass is 32.2. The lowest BCUT2D eigenvalue weighted by atomic mass is 9.96. The summed E-state index contributed by atoms with van der Waals surface area (Å²) in [6, 6.07) is 12.9. The van der Waals surface area contributed by atoms with Gasteiger partial charge in [-0.25, -0.2) is 18.2 Å². The third-order valence-corrected chi connectivity index (χ3v) is 10.6. The normalized spacial score (nSPS) is 14.5. The number of oxime groups is 1. The average molecular weight is 701 g/mol. The van der Waals surface area contributed by atoms with Crippen LogP contribution in [0.2, 0.25) is 0 Å². The lowest BCUT2D eigenvalue weighted by Gasteiger charge is -2.33. The van der Waals surface area contributed by atoms with Crippen molar-refractivity contribution in [3.63, 3.8) is 0 Å². The van der Waals surface area contributed by atoms with Crippen molar-refractivity contribution in [1.82, 2.24) is 24.8 Å². The van der Waals surface area contributed by atoms with E-state index in [2.05, 4.69) is 20.8 Å². The maximum Gasteiger partial charge on any atom is 0.318 e. The van der Waals surface area contributed by atoms with Gasteiger partial charge in [0.15, 0.2) is 0 Å².